The number of benzene rings is 2. The molecule has 1 atom stereocenters. The molecule has 2 heterocycles. The maximum Gasteiger partial charge on any atom is 0.245 e. The van der Waals surface area contributed by atoms with Crippen molar-refractivity contribution in [3.8, 4) is 6.07 Å². The smallest absolute Gasteiger partial charge is 0.245 e. The molecule has 1 amide bonds. The van der Waals surface area contributed by atoms with Crippen molar-refractivity contribution in [2.75, 3.05) is 10.2 Å². The minimum Gasteiger partial charge on any atom is -0.384 e. The van der Waals surface area contributed by atoms with Crippen LogP contribution in [0.25, 0.3) is 0 Å². The Morgan fingerprint density at radius 3 is 2.48 bits per heavy atom. The van der Waals surface area contributed by atoms with Gasteiger partial charge in [0, 0.05) is 34.0 Å². The molecule has 33 heavy (non-hydrogen) atoms. The van der Waals surface area contributed by atoms with Crippen LogP contribution in [0.4, 0.5) is 11.4 Å². The summed E-state index contributed by atoms with van der Waals surface area (Å²) in [4.78, 5) is 29.4. The van der Waals surface area contributed by atoms with E-state index in [1.807, 2.05) is 44.2 Å². The summed E-state index contributed by atoms with van der Waals surface area (Å²) in [5, 5.41) is 13.7. The summed E-state index contributed by atoms with van der Waals surface area (Å²) in [7, 11) is 0. The van der Waals surface area contributed by atoms with E-state index in [1.165, 1.54) is 0 Å². The maximum absolute atomic E-state index is 13.8. The minimum absolute atomic E-state index is 0.0520. The third-order valence-electron chi connectivity index (χ3n) is 6.88. The number of hydrogen-bond donors (Lipinski definition) is 2. The van der Waals surface area contributed by atoms with Crippen LogP contribution < -0.4 is 16.0 Å². The number of nitrogens with zero attached hydrogens (tertiary/aromatic N) is 2. The van der Waals surface area contributed by atoms with Gasteiger partial charge in [0.25, 0.3) is 0 Å². The number of nitriles is 1. The molecule has 1 spiro atoms. The van der Waals surface area contributed by atoms with Crippen molar-refractivity contribution in [2.45, 2.75) is 39.0 Å². The summed E-state index contributed by atoms with van der Waals surface area (Å²) in [6.45, 7) is 5.85. The Kier molecular flexibility index (Phi) is 4.50. The number of para-hydroxylation sites is 1. The molecule has 5 rings (SSSR count). The third kappa shape index (κ3) is 2.72. The number of nitrogens with two attached hydrogens (primary N) is 1. The van der Waals surface area contributed by atoms with E-state index in [4.69, 9.17) is 17.3 Å². The van der Waals surface area contributed by atoms with Crippen molar-refractivity contribution in [1.29, 1.82) is 5.26 Å². The topological polar surface area (TPSA) is 99.2 Å². The molecule has 0 saturated heterocycles. The van der Waals surface area contributed by atoms with Crippen LogP contribution in [-0.2, 0) is 15.0 Å². The fourth-order valence-corrected chi connectivity index (χ4v) is 5.64. The van der Waals surface area contributed by atoms with Gasteiger partial charge in [-0.1, -0.05) is 49.7 Å². The number of allylic oxidation sites excluding steroid dienone is 1. The van der Waals surface area contributed by atoms with Crippen LogP contribution in [0.2, 0.25) is 5.02 Å². The predicted octanol–water partition coefficient (Wildman–Crippen LogP) is 4.70. The van der Waals surface area contributed by atoms with E-state index in [9.17, 15) is 14.9 Å². The molecule has 7 heteroatoms. The molecule has 2 aromatic rings. The molecule has 2 aromatic carbocycles. The predicted molar refractivity (Wildman–Crippen MR) is 127 cm³/mol. The summed E-state index contributed by atoms with van der Waals surface area (Å²) >= 11 is 6.33. The number of carbonyl (C=O) groups excluding carboxylic acids is 2. The first kappa shape index (κ1) is 21.3. The standard InChI is InChI=1S/C26H23ClN4O2/c1-14-18(27)10-9-16-22(14)30-24(33)26(16)17(13-28)23(29)31(15-7-5-4-6-8-15)19-11-25(2,3)12-20(32)21(19)26/h4-10H,11-12,29H2,1-3H3,(H,30,33). The molecule has 0 fully saturated rings. The van der Waals surface area contributed by atoms with Crippen LogP contribution in [0, 0.1) is 23.7 Å². The lowest BCUT2D eigenvalue weighted by Crippen LogP contribution is -2.52. The van der Waals surface area contributed by atoms with Crippen molar-refractivity contribution in [1.82, 2.24) is 0 Å². The summed E-state index contributed by atoms with van der Waals surface area (Å²) < 4.78 is 0. The van der Waals surface area contributed by atoms with Crippen LogP contribution in [-0.4, -0.2) is 11.7 Å². The second-order valence-corrected chi connectivity index (χ2v) is 10.0. The van der Waals surface area contributed by atoms with Crippen molar-refractivity contribution >= 4 is 34.7 Å². The number of anilines is 2. The lowest BCUT2D eigenvalue weighted by Gasteiger charge is -2.46. The minimum atomic E-state index is -1.60. The number of fused-ring (bicyclic) bond motifs is 3. The normalized spacial score (nSPS) is 23.4. The van der Waals surface area contributed by atoms with Crippen LogP contribution >= 0.6 is 11.6 Å². The van der Waals surface area contributed by atoms with Crippen molar-refractivity contribution < 1.29 is 9.59 Å². The SMILES string of the molecule is Cc1c(Cl)ccc2c1NC(=O)C21C(C#N)=C(N)N(c2ccccc2)C2=C1C(=O)CC(C)(C)C2. The van der Waals surface area contributed by atoms with Gasteiger partial charge >= 0.3 is 0 Å². The molecular formula is C26H23ClN4O2. The average Bonchev–Trinajstić information content (AvgIpc) is 3.04. The lowest BCUT2D eigenvalue weighted by molar-refractivity contribution is -0.123. The van der Waals surface area contributed by atoms with E-state index in [2.05, 4.69) is 11.4 Å². The Bertz CT molecular complexity index is 1350. The van der Waals surface area contributed by atoms with Crippen LogP contribution in [0.5, 0.6) is 0 Å². The summed E-state index contributed by atoms with van der Waals surface area (Å²) in [5.41, 5.74) is 8.29. The quantitative estimate of drug-likeness (QED) is 0.645. The number of carbonyl (C=O) groups is 2. The monoisotopic (exact) mass is 458 g/mol. The Hall–Kier alpha value is -3.56. The number of nitrogens with one attached hydrogen (secondary N) is 1. The highest BCUT2D eigenvalue weighted by Gasteiger charge is 2.61. The zero-order chi connectivity index (χ0) is 23.7. The van der Waals surface area contributed by atoms with E-state index < -0.39 is 11.3 Å². The number of Topliss-reactive ketones (excluding diaryl/α,β-unsaturated/α-hetero) is 1. The molecule has 6 nitrogen and oxygen atoms in total. The van der Waals surface area contributed by atoms with Gasteiger partial charge in [0.05, 0.1) is 11.3 Å². The molecule has 3 N–H and O–H groups in total. The van der Waals surface area contributed by atoms with Crippen LogP contribution in [0.3, 0.4) is 0 Å². The summed E-state index contributed by atoms with van der Waals surface area (Å²) in [6, 6.07) is 15.0. The highest BCUT2D eigenvalue weighted by Crippen LogP contribution is 2.57. The molecular weight excluding hydrogens is 436 g/mol. The van der Waals surface area contributed by atoms with E-state index >= 15 is 0 Å². The number of amides is 1. The van der Waals surface area contributed by atoms with Gasteiger partial charge in [0.1, 0.15) is 17.3 Å². The molecule has 0 aromatic heterocycles. The Morgan fingerprint density at radius 2 is 1.82 bits per heavy atom. The zero-order valence-electron chi connectivity index (χ0n) is 18.6. The van der Waals surface area contributed by atoms with Gasteiger partial charge in [-0.05, 0) is 42.5 Å². The van der Waals surface area contributed by atoms with Gasteiger partial charge in [0.2, 0.25) is 5.91 Å². The molecule has 2 aliphatic heterocycles. The second-order valence-electron chi connectivity index (χ2n) is 9.60. The van der Waals surface area contributed by atoms with Crippen molar-refractivity contribution in [2.24, 2.45) is 11.1 Å². The van der Waals surface area contributed by atoms with Crippen LogP contribution in [0.15, 0.2) is 65.1 Å². The fraction of sp³-hybridized carbons (Fsp3) is 0.269. The highest BCUT2D eigenvalue weighted by molar-refractivity contribution is 6.32. The Labute approximate surface area is 197 Å². The Morgan fingerprint density at radius 1 is 1.12 bits per heavy atom. The molecule has 1 unspecified atom stereocenters. The lowest BCUT2D eigenvalue weighted by atomic mass is 9.60. The number of hydrogen-bond acceptors (Lipinski definition) is 5. The number of ketones is 1. The fourth-order valence-electron chi connectivity index (χ4n) is 5.48. The number of halogens is 1. The van der Waals surface area contributed by atoms with Gasteiger partial charge in [-0.25, -0.2) is 0 Å². The summed E-state index contributed by atoms with van der Waals surface area (Å²) in [5.74, 6) is -0.447. The summed E-state index contributed by atoms with van der Waals surface area (Å²) in [6.07, 6.45) is 0.795. The molecule has 0 radical (unpaired) electrons. The van der Waals surface area contributed by atoms with E-state index in [0.29, 0.717) is 39.5 Å². The maximum atomic E-state index is 13.8. The highest BCUT2D eigenvalue weighted by atomic mass is 35.5. The molecule has 0 saturated carbocycles. The van der Waals surface area contributed by atoms with Crippen molar-refractivity contribution in [3.05, 3.63) is 81.3 Å². The largest absolute Gasteiger partial charge is 0.384 e. The van der Waals surface area contributed by atoms with Gasteiger partial charge in [-0.2, -0.15) is 5.26 Å². The second kappa shape index (κ2) is 6.97. The van der Waals surface area contributed by atoms with Gasteiger partial charge in [-0.3, -0.25) is 14.5 Å². The van der Waals surface area contributed by atoms with E-state index in [1.54, 1.807) is 24.0 Å². The average molecular weight is 459 g/mol. The Balaban J connectivity index is 1.92. The van der Waals surface area contributed by atoms with Gasteiger partial charge < -0.3 is 11.1 Å². The first-order chi connectivity index (χ1) is 15.6. The third-order valence-corrected chi connectivity index (χ3v) is 7.29. The molecule has 3 aliphatic rings. The first-order valence-electron chi connectivity index (χ1n) is 10.8. The van der Waals surface area contributed by atoms with E-state index in [0.717, 1.165) is 5.69 Å². The van der Waals surface area contributed by atoms with Gasteiger partial charge in [0.15, 0.2) is 5.78 Å². The zero-order valence-corrected chi connectivity index (χ0v) is 19.4. The molecule has 0 bridgehead atoms. The van der Waals surface area contributed by atoms with Gasteiger partial charge in [-0.15, -0.1) is 0 Å². The van der Waals surface area contributed by atoms with Crippen molar-refractivity contribution in [3.63, 3.8) is 0 Å². The van der Waals surface area contributed by atoms with Crippen LogP contribution in [0.1, 0.15) is 37.8 Å². The molecule has 166 valence electrons. The molecule has 1 aliphatic carbocycles. The van der Waals surface area contributed by atoms with E-state index in [-0.39, 0.29) is 29.0 Å². The first-order valence-corrected chi connectivity index (χ1v) is 11.1. The number of rotatable bonds is 1.